The molecule has 0 aliphatic rings. The van der Waals surface area contributed by atoms with Gasteiger partial charge in [-0.05, 0) is 19.8 Å². The van der Waals surface area contributed by atoms with Crippen molar-refractivity contribution in [1.29, 1.82) is 0 Å². The number of amides is 1. The molecule has 1 N–H and O–H groups in total. The summed E-state index contributed by atoms with van der Waals surface area (Å²) >= 11 is 0. The summed E-state index contributed by atoms with van der Waals surface area (Å²) in [7, 11) is 0. The summed E-state index contributed by atoms with van der Waals surface area (Å²) in [5.74, 6) is -0.549. The molecule has 0 aliphatic carbocycles. The second-order valence-corrected chi connectivity index (χ2v) is 2.70. The fourth-order valence-corrected chi connectivity index (χ4v) is 0.933. The summed E-state index contributed by atoms with van der Waals surface area (Å²) in [6.07, 6.45) is 2.31. The van der Waals surface area contributed by atoms with Gasteiger partial charge in [-0.25, -0.2) is 9.59 Å². The van der Waals surface area contributed by atoms with Crippen molar-refractivity contribution in [3.8, 4) is 0 Å². The minimum Gasteiger partial charge on any atom is -0.448 e. The zero-order chi connectivity index (χ0) is 11.7. The molecule has 15 heavy (non-hydrogen) atoms. The third-order valence-electron chi connectivity index (χ3n) is 1.60. The third kappa shape index (κ3) is 5.72. The summed E-state index contributed by atoms with van der Waals surface area (Å²) in [6, 6.07) is 0. The maximum Gasteiger partial charge on any atom is 0.440 e. The van der Waals surface area contributed by atoms with Gasteiger partial charge in [-0.15, -0.1) is 5.48 Å². The van der Waals surface area contributed by atoms with Crippen LogP contribution in [0.5, 0.6) is 0 Å². The van der Waals surface area contributed by atoms with Crippen LogP contribution in [0.25, 0.3) is 0 Å². The van der Waals surface area contributed by atoms with Crippen LogP contribution in [-0.4, -0.2) is 18.7 Å². The minimum atomic E-state index is -0.766. The molecule has 0 aromatic rings. The monoisotopic (exact) mass is 215 g/mol. The van der Waals surface area contributed by atoms with E-state index in [0.717, 1.165) is 6.42 Å². The number of carbonyl (C=O) groups excluding carboxylic acids is 2. The predicted molar refractivity (Wildman–Crippen MR) is 54.9 cm³/mol. The molecule has 0 saturated carbocycles. The highest BCUT2D eigenvalue weighted by molar-refractivity contribution is 5.88. The van der Waals surface area contributed by atoms with Gasteiger partial charge in [0.05, 0.1) is 6.61 Å². The number of hydrogen-bond acceptors (Lipinski definition) is 4. The number of hydrogen-bond donors (Lipinski definition) is 1. The molecule has 0 radical (unpaired) electrons. The SMILES string of the molecule is CCC=C(CC)C(=O)ONC(=O)OCC. The van der Waals surface area contributed by atoms with E-state index in [1.165, 1.54) is 0 Å². The van der Waals surface area contributed by atoms with Crippen LogP contribution in [0.1, 0.15) is 33.6 Å². The van der Waals surface area contributed by atoms with Crippen LogP contribution in [0, 0.1) is 0 Å². The highest BCUT2D eigenvalue weighted by Gasteiger charge is 2.10. The van der Waals surface area contributed by atoms with E-state index in [1.54, 1.807) is 13.0 Å². The molecule has 86 valence electrons. The average Bonchev–Trinajstić information content (AvgIpc) is 2.23. The molecule has 5 nitrogen and oxygen atoms in total. The highest BCUT2D eigenvalue weighted by Crippen LogP contribution is 2.03. The lowest BCUT2D eigenvalue weighted by molar-refractivity contribution is -0.145. The summed E-state index contributed by atoms with van der Waals surface area (Å²) in [4.78, 5) is 26.6. The van der Waals surface area contributed by atoms with E-state index in [0.29, 0.717) is 12.0 Å². The molecular weight excluding hydrogens is 198 g/mol. The first-order valence-corrected chi connectivity index (χ1v) is 4.98. The van der Waals surface area contributed by atoms with E-state index in [2.05, 4.69) is 9.57 Å². The Kier molecular flexibility index (Phi) is 7.05. The van der Waals surface area contributed by atoms with Gasteiger partial charge < -0.3 is 9.57 Å². The van der Waals surface area contributed by atoms with Gasteiger partial charge in [0.1, 0.15) is 0 Å². The molecule has 0 aromatic heterocycles. The Morgan fingerprint density at radius 3 is 2.40 bits per heavy atom. The van der Waals surface area contributed by atoms with E-state index >= 15 is 0 Å². The molecular formula is C10H17NO4. The molecule has 0 spiro atoms. The minimum absolute atomic E-state index is 0.231. The van der Waals surface area contributed by atoms with Crippen LogP contribution in [-0.2, 0) is 14.4 Å². The Morgan fingerprint density at radius 2 is 1.93 bits per heavy atom. The molecule has 0 atom stereocenters. The molecule has 5 heteroatoms. The lowest BCUT2D eigenvalue weighted by Crippen LogP contribution is -2.28. The number of ether oxygens (including phenoxy) is 1. The van der Waals surface area contributed by atoms with Crippen LogP contribution < -0.4 is 5.48 Å². The normalized spacial score (nSPS) is 10.7. The molecule has 0 bridgehead atoms. The highest BCUT2D eigenvalue weighted by atomic mass is 16.7. The molecule has 0 rings (SSSR count). The quantitative estimate of drug-likeness (QED) is 0.575. The standard InChI is InChI=1S/C10H17NO4/c1-4-7-8(5-2)9(12)15-11-10(13)14-6-3/h7H,4-6H2,1-3H3,(H,11,13). The lowest BCUT2D eigenvalue weighted by atomic mass is 10.2. The van der Waals surface area contributed by atoms with Crippen LogP contribution in [0.4, 0.5) is 4.79 Å². The second-order valence-electron chi connectivity index (χ2n) is 2.70. The van der Waals surface area contributed by atoms with Crippen LogP contribution in [0.2, 0.25) is 0 Å². The maximum atomic E-state index is 11.3. The fourth-order valence-electron chi connectivity index (χ4n) is 0.933. The van der Waals surface area contributed by atoms with Gasteiger partial charge in [0.25, 0.3) is 0 Å². The molecule has 0 heterocycles. The first kappa shape index (κ1) is 13.5. The average molecular weight is 215 g/mol. The number of carbonyl (C=O) groups is 2. The summed E-state index contributed by atoms with van der Waals surface area (Å²) in [6.45, 7) is 5.65. The van der Waals surface area contributed by atoms with Crippen LogP contribution >= 0.6 is 0 Å². The molecule has 0 aromatic carbocycles. The van der Waals surface area contributed by atoms with Gasteiger partial charge in [-0.2, -0.15) is 0 Å². The zero-order valence-electron chi connectivity index (χ0n) is 9.33. The Labute approximate surface area is 89.4 Å². The van der Waals surface area contributed by atoms with Crippen molar-refractivity contribution in [2.24, 2.45) is 0 Å². The Bertz CT molecular complexity index is 248. The first-order valence-electron chi connectivity index (χ1n) is 4.98. The van der Waals surface area contributed by atoms with E-state index in [-0.39, 0.29) is 6.61 Å². The van der Waals surface area contributed by atoms with E-state index < -0.39 is 12.1 Å². The first-order chi connectivity index (χ1) is 7.15. The topological polar surface area (TPSA) is 64.6 Å². The van der Waals surface area contributed by atoms with Gasteiger partial charge in [-0.1, -0.05) is 19.9 Å². The van der Waals surface area contributed by atoms with Crippen LogP contribution in [0.15, 0.2) is 11.6 Å². The number of hydroxylamine groups is 1. The van der Waals surface area contributed by atoms with Crippen molar-refractivity contribution in [3.63, 3.8) is 0 Å². The Morgan fingerprint density at radius 1 is 1.27 bits per heavy atom. The van der Waals surface area contributed by atoms with Gasteiger partial charge in [0.15, 0.2) is 0 Å². The number of nitrogens with one attached hydrogen (secondary N) is 1. The van der Waals surface area contributed by atoms with Crippen LogP contribution in [0.3, 0.4) is 0 Å². The predicted octanol–water partition coefficient (Wildman–Crippen LogP) is 1.94. The van der Waals surface area contributed by atoms with E-state index in [1.807, 2.05) is 19.3 Å². The van der Waals surface area contributed by atoms with E-state index in [4.69, 9.17) is 0 Å². The second kappa shape index (κ2) is 7.84. The number of rotatable bonds is 4. The number of allylic oxidation sites excluding steroid dienone is 1. The van der Waals surface area contributed by atoms with Crippen molar-refractivity contribution in [1.82, 2.24) is 5.48 Å². The zero-order valence-corrected chi connectivity index (χ0v) is 9.33. The van der Waals surface area contributed by atoms with Crippen molar-refractivity contribution < 1.29 is 19.2 Å². The largest absolute Gasteiger partial charge is 0.448 e. The smallest absolute Gasteiger partial charge is 0.440 e. The van der Waals surface area contributed by atoms with Crippen molar-refractivity contribution >= 4 is 12.1 Å². The van der Waals surface area contributed by atoms with Gasteiger partial charge >= 0.3 is 12.1 Å². The maximum absolute atomic E-state index is 11.3. The molecule has 1 amide bonds. The summed E-state index contributed by atoms with van der Waals surface area (Å²) in [5, 5.41) is 0. The van der Waals surface area contributed by atoms with Crippen molar-refractivity contribution in [3.05, 3.63) is 11.6 Å². The van der Waals surface area contributed by atoms with Gasteiger partial charge in [0.2, 0.25) is 0 Å². The van der Waals surface area contributed by atoms with E-state index in [9.17, 15) is 9.59 Å². The molecule has 0 saturated heterocycles. The molecule has 0 unspecified atom stereocenters. The lowest BCUT2D eigenvalue weighted by Gasteiger charge is -2.06. The summed E-state index contributed by atoms with van der Waals surface area (Å²) in [5.41, 5.74) is 2.44. The van der Waals surface area contributed by atoms with Gasteiger partial charge in [0, 0.05) is 5.57 Å². The Hall–Kier alpha value is -1.52. The Balaban J connectivity index is 4.02. The van der Waals surface area contributed by atoms with Crippen molar-refractivity contribution in [2.45, 2.75) is 33.6 Å². The van der Waals surface area contributed by atoms with Gasteiger partial charge in [-0.3, -0.25) is 0 Å². The fraction of sp³-hybridized carbons (Fsp3) is 0.600. The third-order valence-corrected chi connectivity index (χ3v) is 1.60. The van der Waals surface area contributed by atoms with Crippen molar-refractivity contribution in [2.75, 3.05) is 6.61 Å². The molecule has 0 aliphatic heterocycles. The molecule has 0 fully saturated rings. The summed E-state index contributed by atoms with van der Waals surface area (Å²) < 4.78 is 4.52.